The Morgan fingerprint density at radius 1 is 0.917 bits per heavy atom. The summed E-state index contributed by atoms with van der Waals surface area (Å²) in [5.74, 6) is 1.12. The molecule has 0 aromatic heterocycles. The zero-order valence-corrected chi connectivity index (χ0v) is 23.8. The Hall–Kier alpha value is -2.28. The lowest BCUT2D eigenvalue weighted by Crippen LogP contribution is -2.51. The summed E-state index contributed by atoms with van der Waals surface area (Å²) in [5, 5.41) is 3.69. The quantitative estimate of drug-likeness (QED) is 0.255. The first-order chi connectivity index (χ1) is 17.3. The minimum Gasteiger partial charge on any atom is -0.354 e. The minimum atomic E-state index is -0.623. The number of nitrogens with one attached hydrogen (secondary N) is 1. The lowest BCUT2D eigenvalue weighted by molar-refractivity contribution is -0.139. The van der Waals surface area contributed by atoms with E-state index < -0.39 is 6.04 Å². The molecular weight excluding hydrogens is 556 g/mol. The van der Waals surface area contributed by atoms with Gasteiger partial charge in [0.2, 0.25) is 11.8 Å². The average Bonchev–Trinajstić information content (AvgIpc) is 2.87. The van der Waals surface area contributed by atoms with Gasteiger partial charge in [0.15, 0.2) is 0 Å². The molecule has 0 aliphatic rings. The highest BCUT2D eigenvalue weighted by atomic mass is 79.9. The van der Waals surface area contributed by atoms with E-state index >= 15 is 0 Å². The molecule has 3 aromatic carbocycles. The number of carbonyl (C=O) groups is 2. The smallest absolute Gasteiger partial charge is 0.243 e. The third-order valence-corrected chi connectivity index (χ3v) is 7.40. The van der Waals surface area contributed by atoms with Crippen LogP contribution in [-0.2, 0) is 28.3 Å². The Balaban J connectivity index is 1.82. The Kier molecular flexibility index (Phi) is 11.4. The van der Waals surface area contributed by atoms with Crippen LogP contribution in [0.25, 0.3) is 0 Å². The summed E-state index contributed by atoms with van der Waals surface area (Å²) >= 11 is 11.1. The largest absolute Gasteiger partial charge is 0.354 e. The number of rotatable bonds is 12. The summed E-state index contributed by atoms with van der Waals surface area (Å²) in [6.07, 6.45) is 0.446. The minimum absolute atomic E-state index is 0.0623. The van der Waals surface area contributed by atoms with E-state index in [1.54, 1.807) is 16.7 Å². The fourth-order valence-electron chi connectivity index (χ4n) is 3.68. The van der Waals surface area contributed by atoms with Crippen molar-refractivity contribution in [3.05, 3.63) is 105 Å². The second-order valence-electron chi connectivity index (χ2n) is 9.11. The van der Waals surface area contributed by atoms with Crippen molar-refractivity contribution in [2.45, 2.75) is 38.6 Å². The normalized spacial score (nSPS) is 11.8. The summed E-state index contributed by atoms with van der Waals surface area (Å²) in [7, 11) is 0. The van der Waals surface area contributed by atoms with Gasteiger partial charge in [0, 0.05) is 34.8 Å². The predicted molar refractivity (Wildman–Crippen MR) is 154 cm³/mol. The zero-order chi connectivity index (χ0) is 25.9. The van der Waals surface area contributed by atoms with Crippen LogP contribution in [0.4, 0.5) is 0 Å². The third kappa shape index (κ3) is 9.30. The molecular formula is C29H32BrClN2O2S. The van der Waals surface area contributed by atoms with Crippen molar-refractivity contribution < 1.29 is 9.59 Å². The molecule has 7 heteroatoms. The Bertz CT molecular complexity index is 1110. The first kappa shape index (κ1) is 28.3. The van der Waals surface area contributed by atoms with E-state index in [2.05, 4.69) is 35.1 Å². The molecule has 0 aliphatic carbocycles. The van der Waals surface area contributed by atoms with Gasteiger partial charge in [-0.1, -0.05) is 96.0 Å². The van der Waals surface area contributed by atoms with Crippen molar-refractivity contribution in [2.75, 3.05) is 12.3 Å². The molecule has 190 valence electrons. The second-order valence-corrected chi connectivity index (χ2v) is 11.4. The molecule has 3 rings (SSSR count). The van der Waals surface area contributed by atoms with Gasteiger partial charge in [-0.15, -0.1) is 11.8 Å². The Morgan fingerprint density at radius 2 is 1.56 bits per heavy atom. The third-order valence-electron chi connectivity index (χ3n) is 5.63. The standard InChI is InChI=1S/C29H32BrClN2O2S/c1-21(2)17-32-29(35)27(16-22-6-4-3-5-7-22)33(18-23-10-14-26(31)15-11-23)28(34)20-36-19-24-8-12-25(30)13-9-24/h3-15,21,27H,16-20H2,1-2H3,(H,32,35). The van der Waals surface area contributed by atoms with Crippen molar-refractivity contribution >= 4 is 51.1 Å². The van der Waals surface area contributed by atoms with E-state index in [1.165, 1.54) is 0 Å². The highest BCUT2D eigenvalue weighted by Gasteiger charge is 2.30. The molecule has 0 fully saturated rings. The number of halogens is 2. The van der Waals surface area contributed by atoms with Crippen LogP contribution in [0.1, 0.15) is 30.5 Å². The summed E-state index contributed by atoms with van der Waals surface area (Å²) in [6.45, 7) is 5.01. The van der Waals surface area contributed by atoms with Crippen LogP contribution >= 0.6 is 39.3 Å². The maximum atomic E-state index is 13.6. The van der Waals surface area contributed by atoms with Crippen LogP contribution in [0.15, 0.2) is 83.3 Å². The predicted octanol–water partition coefficient (Wildman–Crippen LogP) is 6.75. The second kappa shape index (κ2) is 14.5. The van der Waals surface area contributed by atoms with Crippen LogP contribution in [-0.4, -0.2) is 35.1 Å². The zero-order valence-electron chi connectivity index (χ0n) is 20.6. The van der Waals surface area contributed by atoms with Gasteiger partial charge in [0.1, 0.15) is 6.04 Å². The number of hydrogen-bond acceptors (Lipinski definition) is 3. The molecule has 0 heterocycles. The topological polar surface area (TPSA) is 49.4 Å². The molecule has 4 nitrogen and oxygen atoms in total. The van der Waals surface area contributed by atoms with Gasteiger partial charge < -0.3 is 10.2 Å². The summed E-state index contributed by atoms with van der Waals surface area (Å²) in [5.41, 5.74) is 3.09. The van der Waals surface area contributed by atoms with Crippen molar-refractivity contribution in [1.82, 2.24) is 10.2 Å². The SMILES string of the molecule is CC(C)CNC(=O)C(Cc1ccccc1)N(Cc1ccc(Cl)cc1)C(=O)CSCc1ccc(Br)cc1. The lowest BCUT2D eigenvalue weighted by Gasteiger charge is -2.32. The van der Waals surface area contributed by atoms with Crippen LogP contribution in [0.2, 0.25) is 5.02 Å². The van der Waals surface area contributed by atoms with Crippen LogP contribution in [0.3, 0.4) is 0 Å². The van der Waals surface area contributed by atoms with Crippen LogP contribution in [0, 0.1) is 5.92 Å². The molecule has 1 N–H and O–H groups in total. The van der Waals surface area contributed by atoms with E-state index in [1.807, 2.05) is 78.9 Å². The van der Waals surface area contributed by atoms with Gasteiger partial charge in [-0.3, -0.25) is 9.59 Å². The maximum absolute atomic E-state index is 13.6. The van der Waals surface area contributed by atoms with E-state index in [-0.39, 0.29) is 17.6 Å². The molecule has 1 unspecified atom stereocenters. The fourth-order valence-corrected chi connectivity index (χ4v) is 4.94. The molecule has 3 aromatic rings. The number of hydrogen-bond donors (Lipinski definition) is 1. The number of thioether (sulfide) groups is 1. The van der Waals surface area contributed by atoms with E-state index in [0.29, 0.717) is 30.5 Å². The number of carbonyl (C=O) groups excluding carboxylic acids is 2. The maximum Gasteiger partial charge on any atom is 0.243 e. The van der Waals surface area contributed by atoms with Crippen LogP contribution in [0.5, 0.6) is 0 Å². The van der Waals surface area contributed by atoms with E-state index in [9.17, 15) is 9.59 Å². The van der Waals surface area contributed by atoms with Gasteiger partial charge in [0.25, 0.3) is 0 Å². The highest BCUT2D eigenvalue weighted by molar-refractivity contribution is 9.10. The van der Waals surface area contributed by atoms with Gasteiger partial charge in [-0.05, 0) is 46.9 Å². The van der Waals surface area contributed by atoms with E-state index in [4.69, 9.17) is 11.6 Å². The monoisotopic (exact) mass is 586 g/mol. The molecule has 36 heavy (non-hydrogen) atoms. The van der Waals surface area contributed by atoms with Gasteiger partial charge in [-0.25, -0.2) is 0 Å². The van der Waals surface area contributed by atoms with E-state index in [0.717, 1.165) is 26.9 Å². The molecule has 0 spiro atoms. The van der Waals surface area contributed by atoms with Gasteiger partial charge >= 0.3 is 0 Å². The van der Waals surface area contributed by atoms with Crippen molar-refractivity contribution in [1.29, 1.82) is 0 Å². The first-order valence-corrected chi connectivity index (χ1v) is 14.3. The molecule has 0 radical (unpaired) electrons. The van der Waals surface area contributed by atoms with Gasteiger partial charge in [-0.2, -0.15) is 0 Å². The van der Waals surface area contributed by atoms with Crippen LogP contribution < -0.4 is 5.32 Å². The fraction of sp³-hybridized carbons (Fsp3) is 0.310. The molecule has 0 aliphatic heterocycles. The molecule has 0 saturated carbocycles. The van der Waals surface area contributed by atoms with Crippen molar-refractivity contribution in [3.8, 4) is 0 Å². The summed E-state index contributed by atoms with van der Waals surface area (Å²) < 4.78 is 1.03. The highest BCUT2D eigenvalue weighted by Crippen LogP contribution is 2.20. The Labute approximate surface area is 231 Å². The average molecular weight is 588 g/mol. The summed E-state index contributed by atoms with van der Waals surface area (Å²) in [6, 6.07) is 24.8. The number of amides is 2. The van der Waals surface area contributed by atoms with Gasteiger partial charge in [0.05, 0.1) is 5.75 Å². The van der Waals surface area contributed by atoms with Crippen molar-refractivity contribution in [2.24, 2.45) is 5.92 Å². The molecule has 2 amide bonds. The number of benzene rings is 3. The molecule has 0 saturated heterocycles. The molecule has 0 bridgehead atoms. The first-order valence-electron chi connectivity index (χ1n) is 12.0. The Morgan fingerprint density at radius 3 is 2.19 bits per heavy atom. The lowest BCUT2D eigenvalue weighted by atomic mass is 10.0. The molecule has 1 atom stereocenters. The van der Waals surface area contributed by atoms with Crippen molar-refractivity contribution in [3.63, 3.8) is 0 Å². The number of nitrogens with zero attached hydrogens (tertiary/aromatic N) is 1. The summed E-state index contributed by atoms with van der Waals surface area (Å²) in [4.78, 5) is 28.8.